The van der Waals surface area contributed by atoms with Crippen molar-refractivity contribution in [3.63, 3.8) is 0 Å². The molecule has 0 aliphatic carbocycles. The van der Waals surface area contributed by atoms with E-state index in [4.69, 9.17) is 21.1 Å². The largest absolute Gasteiger partial charge is 0.486 e. The molecule has 14 heavy (non-hydrogen) atoms. The van der Waals surface area contributed by atoms with Crippen LogP contribution in [0, 0.1) is 0 Å². The van der Waals surface area contributed by atoms with Gasteiger partial charge in [-0.2, -0.15) is 0 Å². The highest BCUT2D eigenvalue weighted by Gasteiger charge is 2.14. The highest BCUT2D eigenvalue weighted by atomic mass is 35.5. The fourth-order valence-corrected chi connectivity index (χ4v) is 1.53. The monoisotopic (exact) mass is 214 g/mol. The van der Waals surface area contributed by atoms with E-state index in [9.17, 15) is 5.11 Å². The van der Waals surface area contributed by atoms with Crippen LogP contribution in [0.25, 0.3) is 0 Å². The van der Waals surface area contributed by atoms with Crippen LogP contribution < -0.4 is 9.47 Å². The molecule has 0 saturated carbocycles. The van der Waals surface area contributed by atoms with Crippen LogP contribution in [0.1, 0.15) is 11.7 Å². The van der Waals surface area contributed by atoms with Gasteiger partial charge in [0.1, 0.15) is 13.2 Å². The summed E-state index contributed by atoms with van der Waals surface area (Å²) in [4.78, 5) is 0. The van der Waals surface area contributed by atoms with E-state index in [1.54, 1.807) is 18.2 Å². The van der Waals surface area contributed by atoms with Crippen molar-refractivity contribution in [3.8, 4) is 11.5 Å². The minimum Gasteiger partial charge on any atom is -0.486 e. The van der Waals surface area contributed by atoms with Crippen molar-refractivity contribution in [1.82, 2.24) is 0 Å². The molecule has 1 N–H and O–H groups in total. The molecule has 0 bridgehead atoms. The van der Waals surface area contributed by atoms with Crippen LogP contribution >= 0.6 is 11.6 Å². The van der Waals surface area contributed by atoms with Gasteiger partial charge in [0, 0.05) is 0 Å². The molecule has 3 nitrogen and oxygen atoms in total. The molecule has 0 fully saturated rings. The summed E-state index contributed by atoms with van der Waals surface area (Å²) in [5.41, 5.74) is 0.754. The van der Waals surface area contributed by atoms with Gasteiger partial charge in [-0.1, -0.05) is 6.07 Å². The van der Waals surface area contributed by atoms with E-state index in [0.717, 1.165) is 11.3 Å². The summed E-state index contributed by atoms with van der Waals surface area (Å²) >= 11 is 5.55. The molecular formula is C10H11ClO3. The Balaban J connectivity index is 2.29. The second-order valence-corrected chi connectivity index (χ2v) is 3.38. The molecular weight excluding hydrogens is 204 g/mol. The van der Waals surface area contributed by atoms with Crippen LogP contribution in [0.5, 0.6) is 11.5 Å². The smallest absolute Gasteiger partial charge is 0.161 e. The minimum absolute atomic E-state index is 0.180. The molecule has 1 atom stereocenters. The molecule has 0 radical (unpaired) electrons. The maximum absolute atomic E-state index is 9.50. The van der Waals surface area contributed by atoms with E-state index in [1.807, 2.05) is 0 Å². The van der Waals surface area contributed by atoms with E-state index in [0.29, 0.717) is 19.0 Å². The normalized spacial score (nSPS) is 16.4. The van der Waals surface area contributed by atoms with E-state index in [1.165, 1.54) is 0 Å². The highest BCUT2D eigenvalue weighted by molar-refractivity contribution is 6.18. The third-order valence-corrected chi connectivity index (χ3v) is 2.39. The first-order valence-corrected chi connectivity index (χ1v) is 4.98. The number of fused-ring (bicyclic) bond motifs is 1. The predicted molar refractivity (Wildman–Crippen MR) is 53.1 cm³/mol. The van der Waals surface area contributed by atoms with Crippen LogP contribution in [0.2, 0.25) is 0 Å². The number of ether oxygens (including phenoxy) is 2. The summed E-state index contributed by atoms with van der Waals surface area (Å²) in [6.45, 7) is 1.12. The van der Waals surface area contributed by atoms with Gasteiger partial charge in [0.25, 0.3) is 0 Å². The predicted octanol–water partition coefficient (Wildman–Crippen LogP) is 1.73. The minimum atomic E-state index is -0.646. The zero-order valence-corrected chi connectivity index (χ0v) is 8.33. The fourth-order valence-electron chi connectivity index (χ4n) is 1.36. The van der Waals surface area contributed by atoms with Crippen molar-refractivity contribution in [2.45, 2.75) is 6.10 Å². The van der Waals surface area contributed by atoms with Crippen molar-refractivity contribution in [3.05, 3.63) is 23.8 Å². The van der Waals surface area contributed by atoms with E-state index in [-0.39, 0.29) is 5.88 Å². The van der Waals surface area contributed by atoms with Gasteiger partial charge in [0.2, 0.25) is 0 Å². The van der Waals surface area contributed by atoms with Crippen molar-refractivity contribution < 1.29 is 14.6 Å². The summed E-state index contributed by atoms with van der Waals surface area (Å²) in [6, 6.07) is 5.35. The molecule has 1 aliphatic heterocycles. The van der Waals surface area contributed by atoms with Gasteiger partial charge < -0.3 is 14.6 Å². The zero-order chi connectivity index (χ0) is 9.97. The molecule has 0 aromatic heterocycles. The number of halogens is 1. The Labute approximate surface area is 87.2 Å². The van der Waals surface area contributed by atoms with Crippen LogP contribution in [0.15, 0.2) is 18.2 Å². The second-order valence-electron chi connectivity index (χ2n) is 3.07. The molecule has 4 heteroatoms. The number of aliphatic hydroxyl groups excluding tert-OH is 1. The van der Waals surface area contributed by atoms with Crippen LogP contribution in [-0.4, -0.2) is 24.2 Å². The lowest BCUT2D eigenvalue weighted by Crippen LogP contribution is -2.15. The number of alkyl halides is 1. The number of benzene rings is 1. The molecule has 76 valence electrons. The maximum atomic E-state index is 9.50. The molecule has 1 heterocycles. The average molecular weight is 215 g/mol. The van der Waals surface area contributed by atoms with Gasteiger partial charge in [-0.3, -0.25) is 0 Å². The Morgan fingerprint density at radius 1 is 1.29 bits per heavy atom. The first-order chi connectivity index (χ1) is 6.81. The van der Waals surface area contributed by atoms with E-state index in [2.05, 4.69) is 0 Å². The molecule has 1 unspecified atom stereocenters. The Bertz CT molecular complexity index is 327. The Morgan fingerprint density at radius 3 is 2.71 bits per heavy atom. The molecule has 0 saturated heterocycles. The Morgan fingerprint density at radius 2 is 2.00 bits per heavy atom. The molecule has 1 aliphatic rings. The highest BCUT2D eigenvalue weighted by Crippen LogP contribution is 2.32. The second kappa shape index (κ2) is 4.07. The zero-order valence-electron chi connectivity index (χ0n) is 7.57. The van der Waals surface area contributed by atoms with Crippen molar-refractivity contribution in [2.75, 3.05) is 19.1 Å². The van der Waals surface area contributed by atoms with Crippen molar-refractivity contribution in [2.24, 2.45) is 0 Å². The summed E-state index contributed by atoms with van der Waals surface area (Å²) in [6.07, 6.45) is -0.646. The first-order valence-electron chi connectivity index (χ1n) is 4.45. The number of rotatable bonds is 2. The topological polar surface area (TPSA) is 38.7 Å². The summed E-state index contributed by atoms with van der Waals surface area (Å²) in [5.74, 6) is 1.58. The standard InChI is InChI=1S/C10H11ClO3/c11-6-8(12)7-1-2-9-10(5-7)14-4-3-13-9/h1-2,5,8,12H,3-4,6H2. The third kappa shape index (κ3) is 1.79. The van der Waals surface area contributed by atoms with Gasteiger partial charge in [0.05, 0.1) is 12.0 Å². The number of hydrogen-bond donors (Lipinski definition) is 1. The molecule has 0 amide bonds. The third-order valence-electron chi connectivity index (χ3n) is 2.10. The van der Waals surface area contributed by atoms with E-state index >= 15 is 0 Å². The van der Waals surface area contributed by atoms with Gasteiger partial charge >= 0.3 is 0 Å². The lowest BCUT2D eigenvalue weighted by molar-refractivity contribution is 0.168. The maximum Gasteiger partial charge on any atom is 0.161 e. The lowest BCUT2D eigenvalue weighted by atomic mass is 10.1. The Kier molecular flexibility index (Phi) is 2.79. The Hall–Kier alpha value is -0.930. The summed E-state index contributed by atoms with van der Waals surface area (Å²) in [5, 5.41) is 9.50. The van der Waals surface area contributed by atoms with Gasteiger partial charge in [-0.15, -0.1) is 11.6 Å². The van der Waals surface area contributed by atoms with Gasteiger partial charge in [-0.25, -0.2) is 0 Å². The molecule has 2 rings (SSSR count). The molecule has 1 aromatic rings. The van der Waals surface area contributed by atoms with Crippen LogP contribution in [0.4, 0.5) is 0 Å². The van der Waals surface area contributed by atoms with Crippen molar-refractivity contribution >= 4 is 11.6 Å². The lowest BCUT2D eigenvalue weighted by Gasteiger charge is -2.19. The van der Waals surface area contributed by atoms with E-state index < -0.39 is 6.10 Å². The summed E-state index contributed by atoms with van der Waals surface area (Å²) < 4.78 is 10.7. The average Bonchev–Trinajstić information content (AvgIpc) is 2.27. The number of aliphatic hydroxyl groups is 1. The van der Waals surface area contributed by atoms with Crippen LogP contribution in [0.3, 0.4) is 0 Å². The first kappa shape index (κ1) is 9.62. The summed E-state index contributed by atoms with van der Waals surface area (Å²) in [7, 11) is 0. The van der Waals surface area contributed by atoms with Gasteiger partial charge in [0.15, 0.2) is 11.5 Å². The quantitative estimate of drug-likeness (QED) is 0.763. The van der Waals surface area contributed by atoms with Crippen LogP contribution in [-0.2, 0) is 0 Å². The molecule has 1 aromatic carbocycles. The fraction of sp³-hybridized carbons (Fsp3) is 0.400. The number of hydrogen-bond acceptors (Lipinski definition) is 3. The van der Waals surface area contributed by atoms with Crippen molar-refractivity contribution in [1.29, 1.82) is 0 Å². The SMILES string of the molecule is OC(CCl)c1ccc2c(c1)OCCO2. The molecule has 0 spiro atoms. The van der Waals surface area contributed by atoms with Gasteiger partial charge in [-0.05, 0) is 17.7 Å².